The third kappa shape index (κ3) is 10.6. The van der Waals surface area contributed by atoms with Gasteiger partial charge in [-0.3, -0.25) is 9.59 Å². The van der Waals surface area contributed by atoms with Crippen LogP contribution in [0.25, 0.3) is 11.4 Å². The summed E-state index contributed by atoms with van der Waals surface area (Å²) in [6.07, 6.45) is 0. The first-order valence-electron chi connectivity index (χ1n) is 20.8. The molecule has 6 aromatic rings. The van der Waals surface area contributed by atoms with Gasteiger partial charge in [-0.1, -0.05) is 0 Å². The van der Waals surface area contributed by atoms with Crippen molar-refractivity contribution in [3.05, 3.63) is 126 Å². The summed E-state index contributed by atoms with van der Waals surface area (Å²) in [7, 11) is 8.21. The molecule has 0 radical (unpaired) electrons. The Hall–Kier alpha value is -7.49. The van der Waals surface area contributed by atoms with Gasteiger partial charge in [0.05, 0.1) is 64.0 Å². The smallest absolute Gasteiger partial charge is 0.272 e. The van der Waals surface area contributed by atoms with Crippen molar-refractivity contribution in [2.45, 2.75) is 13.8 Å². The fraction of sp³-hybridized carbons (Fsp3) is 0.312. The van der Waals surface area contributed by atoms with Gasteiger partial charge in [-0.05, 0) is 111 Å². The maximum absolute atomic E-state index is 13.4. The van der Waals surface area contributed by atoms with Crippen LogP contribution in [0.4, 0.5) is 11.4 Å². The average Bonchev–Trinajstić information content (AvgIpc) is 3.96. The zero-order valence-electron chi connectivity index (χ0n) is 37.5. The topological polar surface area (TPSA) is 146 Å². The van der Waals surface area contributed by atoms with Gasteiger partial charge in [-0.15, -0.1) is 0 Å². The molecule has 2 aliphatic rings. The Morgan fingerprint density at radius 1 is 0.453 bits per heavy atom. The van der Waals surface area contributed by atoms with E-state index in [1.54, 1.807) is 44.9 Å². The van der Waals surface area contributed by atoms with Gasteiger partial charge in [0.15, 0.2) is 0 Å². The largest absolute Gasteiger partial charge is 0.497 e. The van der Waals surface area contributed by atoms with E-state index in [-0.39, 0.29) is 11.8 Å². The quantitative estimate of drug-likeness (QED) is 0.147. The molecule has 2 saturated heterocycles. The predicted molar refractivity (Wildman–Crippen MR) is 246 cm³/mol. The number of carbonyl (C=O) groups excluding carboxylic acids is 3. The minimum absolute atomic E-state index is 0.000740. The molecule has 0 N–H and O–H groups in total. The summed E-state index contributed by atoms with van der Waals surface area (Å²) in [5, 5.41) is 9.08. The van der Waals surface area contributed by atoms with Crippen LogP contribution in [0, 0.1) is 13.8 Å². The van der Waals surface area contributed by atoms with Crippen LogP contribution in [0.15, 0.2) is 103 Å². The van der Waals surface area contributed by atoms with E-state index in [1.165, 1.54) is 0 Å². The van der Waals surface area contributed by atoms with Crippen molar-refractivity contribution in [2.24, 2.45) is 0 Å². The molecular formula is C48H56N8O8. The van der Waals surface area contributed by atoms with Crippen molar-refractivity contribution in [3.8, 4) is 40.1 Å². The SMILES string of the molecule is C=O.COc1ccc(-n2nc(C)cc2C(=O)N2CCN(c3ccc(OC)cc3OC)CC2)cc1.COc1ccc(N2CCN(C(=O)c3cc(C)nn3-c3ccc(OC)cc3)CC2)cc1. The Balaban J connectivity index is 0.000000205. The van der Waals surface area contributed by atoms with E-state index in [0.29, 0.717) is 50.7 Å². The van der Waals surface area contributed by atoms with E-state index in [9.17, 15) is 9.59 Å². The van der Waals surface area contributed by atoms with Gasteiger partial charge in [0, 0.05) is 64.1 Å². The molecule has 4 aromatic carbocycles. The molecule has 2 amide bonds. The van der Waals surface area contributed by atoms with E-state index in [4.69, 9.17) is 28.5 Å². The molecule has 64 heavy (non-hydrogen) atoms. The molecule has 0 unspecified atom stereocenters. The summed E-state index contributed by atoms with van der Waals surface area (Å²) in [5.41, 5.74) is 6.55. The Labute approximate surface area is 374 Å². The highest BCUT2D eigenvalue weighted by Crippen LogP contribution is 2.33. The van der Waals surface area contributed by atoms with Crippen LogP contribution < -0.4 is 33.5 Å². The summed E-state index contributed by atoms with van der Waals surface area (Å²) >= 11 is 0. The number of benzene rings is 4. The van der Waals surface area contributed by atoms with Crippen molar-refractivity contribution in [2.75, 3.05) is 97.7 Å². The van der Waals surface area contributed by atoms with Crippen LogP contribution >= 0.6 is 0 Å². The fourth-order valence-corrected chi connectivity index (χ4v) is 7.63. The highest BCUT2D eigenvalue weighted by Gasteiger charge is 2.28. The Bertz CT molecular complexity index is 2450. The number of carbonyl (C=O) groups is 3. The average molecular weight is 873 g/mol. The molecule has 0 saturated carbocycles. The number of amides is 2. The van der Waals surface area contributed by atoms with Crippen molar-refractivity contribution in [1.82, 2.24) is 29.4 Å². The lowest BCUT2D eigenvalue weighted by molar-refractivity contribution is -0.0980. The number of hydrogen-bond acceptors (Lipinski definition) is 12. The first-order valence-corrected chi connectivity index (χ1v) is 20.8. The fourth-order valence-electron chi connectivity index (χ4n) is 7.63. The third-order valence-electron chi connectivity index (χ3n) is 11.0. The van der Waals surface area contributed by atoms with Gasteiger partial charge in [0.2, 0.25) is 0 Å². The molecule has 16 nitrogen and oxygen atoms in total. The lowest BCUT2D eigenvalue weighted by atomic mass is 10.2. The van der Waals surface area contributed by atoms with Gasteiger partial charge in [0.25, 0.3) is 11.8 Å². The number of methoxy groups -OCH3 is 5. The zero-order chi connectivity index (χ0) is 45.8. The lowest BCUT2D eigenvalue weighted by Gasteiger charge is -2.36. The second kappa shape index (κ2) is 21.5. The highest BCUT2D eigenvalue weighted by molar-refractivity contribution is 5.94. The predicted octanol–water partition coefficient (Wildman–Crippen LogP) is 6.14. The van der Waals surface area contributed by atoms with Crippen molar-refractivity contribution in [1.29, 1.82) is 0 Å². The number of piperazine rings is 2. The zero-order valence-corrected chi connectivity index (χ0v) is 37.5. The van der Waals surface area contributed by atoms with E-state index < -0.39 is 0 Å². The Kier molecular flexibility index (Phi) is 15.5. The Morgan fingerprint density at radius 2 is 0.812 bits per heavy atom. The minimum Gasteiger partial charge on any atom is -0.497 e. The minimum atomic E-state index is -0.0252. The van der Waals surface area contributed by atoms with E-state index >= 15 is 0 Å². The number of hydrogen-bond donors (Lipinski definition) is 0. The maximum atomic E-state index is 13.4. The molecule has 0 bridgehead atoms. The summed E-state index contributed by atoms with van der Waals surface area (Å²) in [6, 6.07) is 32.6. The molecule has 2 aliphatic heterocycles. The number of rotatable bonds is 11. The number of nitrogens with zero attached hydrogens (tertiary/aromatic N) is 8. The molecule has 0 aliphatic carbocycles. The molecule has 0 spiro atoms. The first kappa shape index (κ1) is 46.0. The maximum Gasteiger partial charge on any atom is 0.272 e. The van der Waals surface area contributed by atoms with Gasteiger partial charge in [0.1, 0.15) is 46.9 Å². The second-order valence-corrected chi connectivity index (χ2v) is 14.9. The van der Waals surface area contributed by atoms with Crippen molar-refractivity contribution >= 4 is 30.0 Å². The van der Waals surface area contributed by atoms with Crippen LogP contribution in [-0.4, -0.2) is 136 Å². The van der Waals surface area contributed by atoms with Crippen LogP contribution in [0.2, 0.25) is 0 Å². The molecule has 0 atom stereocenters. The first-order chi connectivity index (χ1) is 31.1. The van der Waals surface area contributed by atoms with Crippen LogP contribution in [0.1, 0.15) is 32.4 Å². The number of aromatic nitrogens is 4. The van der Waals surface area contributed by atoms with Crippen LogP contribution in [-0.2, 0) is 4.79 Å². The van der Waals surface area contributed by atoms with Gasteiger partial charge in [-0.25, -0.2) is 9.36 Å². The summed E-state index contributed by atoms with van der Waals surface area (Å²) in [4.78, 5) is 42.9. The summed E-state index contributed by atoms with van der Waals surface area (Å²) in [5.74, 6) is 3.86. The molecule has 4 heterocycles. The van der Waals surface area contributed by atoms with Crippen LogP contribution in [0.3, 0.4) is 0 Å². The highest BCUT2D eigenvalue weighted by atomic mass is 16.5. The molecule has 16 heteroatoms. The monoisotopic (exact) mass is 872 g/mol. The van der Waals surface area contributed by atoms with Crippen LogP contribution in [0.5, 0.6) is 28.7 Å². The molecule has 2 aromatic heterocycles. The molecule has 2 fully saturated rings. The van der Waals surface area contributed by atoms with E-state index in [1.807, 2.05) is 121 Å². The van der Waals surface area contributed by atoms with Gasteiger partial charge < -0.3 is 48.1 Å². The summed E-state index contributed by atoms with van der Waals surface area (Å²) in [6.45, 7) is 11.3. The third-order valence-corrected chi connectivity index (χ3v) is 11.0. The van der Waals surface area contributed by atoms with E-state index in [0.717, 1.165) is 76.0 Å². The van der Waals surface area contributed by atoms with Gasteiger partial charge in [-0.2, -0.15) is 10.2 Å². The Morgan fingerprint density at radius 3 is 1.19 bits per heavy atom. The number of aryl methyl sites for hydroxylation is 2. The molecular weight excluding hydrogens is 817 g/mol. The lowest BCUT2D eigenvalue weighted by Crippen LogP contribution is -2.49. The molecule has 8 rings (SSSR count). The van der Waals surface area contributed by atoms with Crippen molar-refractivity contribution < 1.29 is 38.1 Å². The van der Waals surface area contributed by atoms with E-state index in [2.05, 4.69) is 32.1 Å². The molecule has 336 valence electrons. The standard InChI is InChI=1S/C24H28N4O4.C23H26N4O3.CH2O/c1-17-15-22(28(25-17)18-5-7-19(30-2)8-6-18)24(29)27-13-11-26(12-14-27)21-10-9-20(31-3)16-23(21)32-4;1-17-16-22(27(24-17)19-6-10-21(30-3)11-7-19)23(28)26-14-12-25(13-15-26)18-4-8-20(29-2)9-5-18;1-2/h5-10,15-16H,11-14H2,1-4H3;4-11,16H,12-15H2,1-3H3;1H2. The number of anilines is 2. The van der Waals surface area contributed by atoms with Crippen molar-refractivity contribution in [3.63, 3.8) is 0 Å². The number of ether oxygens (including phenoxy) is 5. The summed E-state index contributed by atoms with van der Waals surface area (Å²) < 4.78 is 29.9. The second-order valence-electron chi connectivity index (χ2n) is 14.9. The van der Waals surface area contributed by atoms with Gasteiger partial charge >= 0.3 is 0 Å². The normalized spacial score (nSPS) is 13.5.